The number of anilines is 3. The summed E-state index contributed by atoms with van der Waals surface area (Å²) in [5.41, 5.74) is 18.4. The molecule has 9 aromatic rings. The zero-order chi connectivity index (χ0) is 37.6. The molecule has 0 amide bonds. The van der Waals surface area contributed by atoms with Crippen LogP contribution in [0, 0.1) is 0 Å². The third-order valence-corrected chi connectivity index (χ3v) is 11.7. The fraction of sp³-hybridized carbons (Fsp3) is 0.0545. The van der Waals surface area contributed by atoms with Gasteiger partial charge in [-0.15, -0.1) is 0 Å². The highest BCUT2D eigenvalue weighted by atomic mass is 15.1. The minimum atomic E-state index is -0.0398. The van der Waals surface area contributed by atoms with Gasteiger partial charge in [0, 0.05) is 22.5 Å². The van der Waals surface area contributed by atoms with Crippen molar-refractivity contribution in [3.05, 3.63) is 223 Å². The van der Waals surface area contributed by atoms with Gasteiger partial charge in [-0.2, -0.15) is 0 Å². The van der Waals surface area contributed by atoms with Crippen LogP contribution in [0.1, 0.15) is 25.0 Å². The SMILES string of the molecule is CC1(C)c2ccccc2-c2ccc(-c3ccc(N(c4cccc(-c5ccccc5)c4)c4cccc(-c5cccc(-c6cccc7ccccc67)c5)c4)cc3)cc21. The largest absolute Gasteiger partial charge is 0.310 e. The molecule has 0 saturated carbocycles. The van der Waals surface area contributed by atoms with E-state index in [1.165, 1.54) is 77.5 Å². The molecule has 9 aromatic carbocycles. The predicted octanol–water partition coefficient (Wildman–Crippen LogP) is 15.3. The van der Waals surface area contributed by atoms with Crippen molar-refractivity contribution < 1.29 is 0 Å². The molecule has 0 aliphatic heterocycles. The van der Waals surface area contributed by atoms with Gasteiger partial charge in [0.2, 0.25) is 0 Å². The van der Waals surface area contributed by atoms with Gasteiger partial charge in [-0.25, -0.2) is 0 Å². The molecular weight excluding hydrogens is 675 g/mol. The van der Waals surface area contributed by atoms with E-state index in [9.17, 15) is 0 Å². The number of rotatable bonds is 7. The molecule has 266 valence electrons. The number of benzene rings is 9. The van der Waals surface area contributed by atoms with Crippen molar-refractivity contribution in [2.45, 2.75) is 19.3 Å². The minimum absolute atomic E-state index is 0.0398. The number of fused-ring (bicyclic) bond motifs is 4. The summed E-state index contributed by atoms with van der Waals surface area (Å²) >= 11 is 0. The summed E-state index contributed by atoms with van der Waals surface area (Å²) in [7, 11) is 0. The molecule has 0 bridgehead atoms. The monoisotopic (exact) mass is 715 g/mol. The average Bonchev–Trinajstić information content (AvgIpc) is 3.49. The highest BCUT2D eigenvalue weighted by molar-refractivity contribution is 5.97. The first-order chi connectivity index (χ1) is 27.5. The molecule has 0 N–H and O–H groups in total. The standard InChI is InChI=1S/C55H41N/c1-55(2)53-27-9-8-25-51(53)52-33-30-44(37-54(52)55)39-28-31-46(32-29-39)56(47-22-11-19-42(35-47)38-14-4-3-5-15-38)48-23-12-20-43(36-48)41-18-10-21-45(34-41)50-26-13-17-40-16-6-7-24-49(40)50/h3-37H,1-2H3. The van der Waals surface area contributed by atoms with E-state index in [-0.39, 0.29) is 5.41 Å². The minimum Gasteiger partial charge on any atom is -0.310 e. The van der Waals surface area contributed by atoms with Gasteiger partial charge in [-0.3, -0.25) is 0 Å². The number of nitrogens with zero attached hydrogens (tertiary/aromatic N) is 1. The summed E-state index contributed by atoms with van der Waals surface area (Å²) in [6, 6.07) is 77.6. The number of hydrogen-bond acceptors (Lipinski definition) is 1. The molecule has 1 aliphatic carbocycles. The Balaban J connectivity index is 1.05. The maximum Gasteiger partial charge on any atom is 0.0467 e. The smallest absolute Gasteiger partial charge is 0.0467 e. The summed E-state index contributed by atoms with van der Waals surface area (Å²) in [5, 5.41) is 2.52. The van der Waals surface area contributed by atoms with Crippen molar-refractivity contribution in [2.24, 2.45) is 0 Å². The second kappa shape index (κ2) is 13.7. The van der Waals surface area contributed by atoms with E-state index in [0.717, 1.165) is 17.1 Å². The Kier molecular flexibility index (Phi) is 8.23. The van der Waals surface area contributed by atoms with Crippen LogP contribution in [0.5, 0.6) is 0 Å². The van der Waals surface area contributed by atoms with Gasteiger partial charge in [0.15, 0.2) is 0 Å². The van der Waals surface area contributed by atoms with Crippen molar-refractivity contribution >= 4 is 27.8 Å². The van der Waals surface area contributed by atoms with Crippen molar-refractivity contribution in [1.82, 2.24) is 0 Å². The van der Waals surface area contributed by atoms with E-state index < -0.39 is 0 Å². The van der Waals surface area contributed by atoms with Gasteiger partial charge in [-0.1, -0.05) is 178 Å². The maximum absolute atomic E-state index is 2.40. The van der Waals surface area contributed by atoms with E-state index in [0.29, 0.717) is 0 Å². The molecular formula is C55H41N. The molecule has 0 fully saturated rings. The molecule has 0 unspecified atom stereocenters. The van der Waals surface area contributed by atoms with Crippen LogP contribution in [0.15, 0.2) is 212 Å². The van der Waals surface area contributed by atoms with Crippen molar-refractivity contribution in [3.63, 3.8) is 0 Å². The third kappa shape index (κ3) is 5.90. The maximum atomic E-state index is 2.40. The van der Waals surface area contributed by atoms with Gasteiger partial charge in [0.25, 0.3) is 0 Å². The van der Waals surface area contributed by atoms with Crippen molar-refractivity contribution in [3.8, 4) is 55.6 Å². The Morgan fingerprint density at radius 3 is 1.59 bits per heavy atom. The fourth-order valence-electron chi connectivity index (χ4n) is 8.76. The van der Waals surface area contributed by atoms with Gasteiger partial charge in [0.1, 0.15) is 0 Å². The van der Waals surface area contributed by atoms with Crippen LogP contribution in [0.4, 0.5) is 17.1 Å². The van der Waals surface area contributed by atoms with Crippen molar-refractivity contribution in [1.29, 1.82) is 0 Å². The summed E-state index contributed by atoms with van der Waals surface area (Å²) < 4.78 is 0. The van der Waals surface area contributed by atoms with E-state index in [1.54, 1.807) is 0 Å². The van der Waals surface area contributed by atoms with E-state index in [4.69, 9.17) is 0 Å². The Morgan fingerprint density at radius 2 is 0.804 bits per heavy atom. The lowest BCUT2D eigenvalue weighted by Crippen LogP contribution is -2.14. The molecule has 1 nitrogen and oxygen atoms in total. The highest BCUT2D eigenvalue weighted by Gasteiger charge is 2.35. The van der Waals surface area contributed by atoms with Crippen LogP contribution in [0.3, 0.4) is 0 Å². The molecule has 56 heavy (non-hydrogen) atoms. The zero-order valence-electron chi connectivity index (χ0n) is 31.7. The number of hydrogen-bond donors (Lipinski definition) is 0. The lowest BCUT2D eigenvalue weighted by molar-refractivity contribution is 0.660. The fourth-order valence-corrected chi connectivity index (χ4v) is 8.76. The van der Waals surface area contributed by atoms with Crippen LogP contribution in [0.25, 0.3) is 66.4 Å². The summed E-state index contributed by atoms with van der Waals surface area (Å²) in [5.74, 6) is 0. The summed E-state index contributed by atoms with van der Waals surface area (Å²) in [4.78, 5) is 2.39. The van der Waals surface area contributed by atoms with Gasteiger partial charge in [0.05, 0.1) is 0 Å². The third-order valence-electron chi connectivity index (χ3n) is 11.7. The molecule has 1 heteroatoms. The first kappa shape index (κ1) is 33.6. The Morgan fingerprint density at radius 1 is 0.304 bits per heavy atom. The van der Waals surface area contributed by atoms with E-state index in [2.05, 4.69) is 231 Å². The lowest BCUT2D eigenvalue weighted by Gasteiger charge is -2.27. The van der Waals surface area contributed by atoms with Crippen LogP contribution in [-0.4, -0.2) is 0 Å². The normalized spacial score (nSPS) is 12.6. The zero-order valence-corrected chi connectivity index (χ0v) is 31.7. The molecule has 0 radical (unpaired) electrons. The van der Waals surface area contributed by atoms with Crippen molar-refractivity contribution in [2.75, 3.05) is 4.90 Å². The molecule has 0 heterocycles. The highest BCUT2D eigenvalue weighted by Crippen LogP contribution is 2.49. The lowest BCUT2D eigenvalue weighted by atomic mass is 9.81. The topological polar surface area (TPSA) is 3.24 Å². The molecule has 0 saturated heterocycles. The Labute approximate surface area is 329 Å². The predicted molar refractivity (Wildman–Crippen MR) is 238 cm³/mol. The van der Waals surface area contributed by atoms with Crippen LogP contribution < -0.4 is 4.90 Å². The quantitative estimate of drug-likeness (QED) is 0.159. The molecule has 0 spiro atoms. The van der Waals surface area contributed by atoms with E-state index >= 15 is 0 Å². The van der Waals surface area contributed by atoms with Gasteiger partial charge < -0.3 is 4.90 Å². The second-order valence-electron chi connectivity index (χ2n) is 15.4. The Hall–Kier alpha value is -6.96. The molecule has 10 rings (SSSR count). The van der Waals surface area contributed by atoms with E-state index in [1.807, 2.05) is 0 Å². The molecule has 1 aliphatic rings. The summed E-state index contributed by atoms with van der Waals surface area (Å²) in [6.07, 6.45) is 0. The first-order valence-electron chi connectivity index (χ1n) is 19.5. The average molecular weight is 716 g/mol. The summed E-state index contributed by atoms with van der Waals surface area (Å²) in [6.45, 7) is 4.69. The Bertz CT molecular complexity index is 2880. The first-order valence-corrected chi connectivity index (χ1v) is 19.5. The second-order valence-corrected chi connectivity index (χ2v) is 15.4. The molecule has 0 atom stereocenters. The van der Waals surface area contributed by atoms with Gasteiger partial charge in [-0.05, 0) is 126 Å². The van der Waals surface area contributed by atoms with Crippen LogP contribution in [0.2, 0.25) is 0 Å². The van der Waals surface area contributed by atoms with Crippen LogP contribution in [-0.2, 0) is 5.41 Å². The van der Waals surface area contributed by atoms with Gasteiger partial charge >= 0.3 is 0 Å². The molecule has 0 aromatic heterocycles. The van der Waals surface area contributed by atoms with Crippen LogP contribution >= 0.6 is 0 Å².